The second-order valence-corrected chi connectivity index (χ2v) is 6.71. The lowest BCUT2D eigenvalue weighted by Crippen LogP contribution is -2.37. The first kappa shape index (κ1) is 15.4. The molecule has 7 heteroatoms. The number of aliphatic carboxylic acids is 1. The Morgan fingerprint density at radius 1 is 1.33 bits per heavy atom. The zero-order valence-corrected chi connectivity index (χ0v) is 11.5. The van der Waals surface area contributed by atoms with Crippen molar-refractivity contribution in [2.24, 2.45) is 5.92 Å². The lowest BCUT2D eigenvalue weighted by molar-refractivity contribution is -0.143. The molecule has 0 aromatic carbocycles. The minimum absolute atomic E-state index is 0.231. The van der Waals surface area contributed by atoms with E-state index in [9.17, 15) is 13.2 Å². The minimum atomic E-state index is -3.10. The van der Waals surface area contributed by atoms with Crippen LogP contribution in [0.2, 0.25) is 0 Å². The van der Waals surface area contributed by atoms with Crippen LogP contribution >= 0.6 is 0 Å². The van der Waals surface area contributed by atoms with Gasteiger partial charge in [-0.1, -0.05) is 6.42 Å². The highest BCUT2D eigenvalue weighted by Gasteiger charge is 2.26. The molecular weight excluding hydrogens is 256 g/mol. The van der Waals surface area contributed by atoms with Gasteiger partial charge in [0.25, 0.3) is 0 Å². The highest BCUT2D eigenvalue weighted by Crippen LogP contribution is 2.24. The molecule has 1 aliphatic carbocycles. The van der Waals surface area contributed by atoms with Crippen LogP contribution in [0, 0.1) is 5.92 Å². The smallest absolute Gasteiger partial charge is 0.306 e. The number of carboxylic acids is 1. The van der Waals surface area contributed by atoms with Crippen LogP contribution in [0.15, 0.2) is 0 Å². The van der Waals surface area contributed by atoms with E-state index in [1.165, 1.54) is 0 Å². The number of carboxylic acid groups (broad SMARTS) is 1. The predicted molar refractivity (Wildman–Crippen MR) is 68.8 cm³/mol. The average Bonchev–Trinajstić information content (AvgIpc) is 2.27. The number of rotatable bonds is 7. The van der Waals surface area contributed by atoms with E-state index in [0.29, 0.717) is 25.9 Å². The molecule has 0 amide bonds. The molecule has 3 N–H and O–H groups in total. The van der Waals surface area contributed by atoms with Crippen molar-refractivity contribution in [3.63, 3.8) is 0 Å². The summed E-state index contributed by atoms with van der Waals surface area (Å²) in [5, 5.41) is 12.2. The van der Waals surface area contributed by atoms with Crippen LogP contribution in [0.25, 0.3) is 0 Å². The van der Waals surface area contributed by atoms with Gasteiger partial charge in [-0.05, 0) is 32.2 Å². The molecule has 0 aromatic heterocycles. The molecule has 0 aromatic rings. The minimum Gasteiger partial charge on any atom is -0.481 e. The molecule has 2 unspecified atom stereocenters. The quantitative estimate of drug-likeness (QED) is 0.577. The Morgan fingerprint density at radius 2 is 2.06 bits per heavy atom. The maximum atomic E-state index is 10.9. The Bertz CT molecular complexity index is 369. The van der Waals surface area contributed by atoms with Gasteiger partial charge in [0.2, 0.25) is 10.0 Å². The summed E-state index contributed by atoms with van der Waals surface area (Å²) in [5.74, 6) is -0.939. The highest BCUT2D eigenvalue weighted by atomic mass is 32.2. The summed E-state index contributed by atoms with van der Waals surface area (Å²) in [6.07, 6.45) is 5.23. The fraction of sp³-hybridized carbons (Fsp3) is 0.909. The van der Waals surface area contributed by atoms with E-state index in [-0.39, 0.29) is 12.0 Å². The third-order valence-corrected chi connectivity index (χ3v) is 3.90. The average molecular weight is 278 g/mol. The molecule has 6 nitrogen and oxygen atoms in total. The SMILES string of the molecule is CS(=O)(=O)NCCCNC1CCCC(C(=O)O)C1. The normalized spacial score (nSPS) is 24.9. The van der Waals surface area contributed by atoms with E-state index in [1.54, 1.807) is 0 Å². The van der Waals surface area contributed by atoms with E-state index in [4.69, 9.17) is 5.11 Å². The molecule has 1 fully saturated rings. The molecule has 0 saturated heterocycles. The summed E-state index contributed by atoms with van der Waals surface area (Å²) in [7, 11) is -3.10. The summed E-state index contributed by atoms with van der Waals surface area (Å²) < 4.78 is 24.1. The topological polar surface area (TPSA) is 95.5 Å². The van der Waals surface area contributed by atoms with Crippen LogP contribution in [0.4, 0.5) is 0 Å². The first-order chi connectivity index (χ1) is 8.38. The van der Waals surface area contributed by atoms with Gasteiger partial charge in [-0.25, -0.2) is 13.1 Å². The maximum absolute atomic E-state index is 10.9. The van der Waals surface area contributed by atoms with Crippen molar-refractivity contribution in [2.75, 3.05) is 19.3 Å². The number of hydrogen-bond donors (Lipinski definition) is 3. The van der Waals surface area contributed by atoms with Crippen LogP contribution in [-0.4, -0.2) is 44.9 Å². The van der Waals surface area contributed by atoms with Gasteiger partial charge < -0.3 is 10.4 Å². The van der Waals surface area contributed by atoms with E-state index in [1.807, 2.05) is 0 Å². The van der Waals surface area contributed by atoms with Crippen LogP contribution in [0.5, 0.6) is 0 Å². The zero-order valence-electron chi connectivity index (χ0n) is 10.7. The van der Waals surface area contributed by atoms with Crippen molar-refractivity contribution in [1.29, 1.82) is 0 Å². The Hall–Kier alpha value is -0.660. The van der Waals surface area contributed by atoms with Gasteiger partial charge in [-0.15, -0.1) is 0 Å². The van der Waals surface area contributed by atoms with Gasteiger partial charge in [0.1, 0.15) is 0 Å². The number of sulfonamides is 1. The fourth-order valence-corrected chi connectivity index (χ4v) is 2.77. The largest absolute Gasteiger partial charge is 0.481 e. The number of carbonyl (C=O) groups is 1. The lowest BCUT2D eigenvalue weighted by Gasteiger charge is -2.27. The number of hydrogen-bond acceptors (Lipinski definition) is 4. The van der Waals surface area contributed by atoms with Crippen LogP contribution < -0.4 is 10.0 Å². The Kier molecular flexibility index (Phi) is 6.04. The maximum Gasteiger partial charge on any atom is 0.306 e. The van der Waals surface area contributed by atoms with Gasteiger partial charge in [0, 0.05) is 12.6 Å². The van der Waals surface area contributed by atoms with Gasteiger partial charge in [-0.2, -0.15) is 0 Å². The monoisotopic (exact) mass is 278 g/mol. The Balaban J connectivity index is 2.14. The van der Waals surface area contributed by atoms with Crippen molar-refractivity contribution in [3.8, 4) is 0 Å². The lowest BCUT2D eigenvalue weighted by atomic mass is 9.86. The van der Waals surface area contributed by atoms with E-state index in [2.05, 4.69) is 10.0 Å². The first-order valence-electron chi connectivity index (χ1n) is 6.29. The van der Waals surface area contributed by atoms with Crippen molar-refractivity contribution in [1.82, 2.24) is 10.0 Å². The fourth-order valence-electron chi connectivity index (χ4n) is 2.25. The zero-order chi connectivity index (χ0) is 13.6. The van der Waals surface area contributed by atoms with E-state index < -0.39 is 16.0 Å². The van der Waals surface area contributed by atoms with Crippen molar-refractivity contribution in [2.45, 2.75) is 38.1 Å². The molecule has 1 rings (SSSR count). The predicted octanol–water partition coefficient (Wildman–Crippen LogP) is 0.159. The van der Waals surface area contributed by atoms with Crippen molar-refractivity contribution in [3.05, 3.63) is 0 Å². The molecule has 1 aliphatic rings. The van der Waals surface area contributed by atoms with E-state index >= 15 is 0 Å². The Labute approximate surface area is 108 Å². The third kappa shape index (κ3) is 6.32. The van der Waals surface area contributed by atoms with Crippen LogP contribution in [-0.2, 0) is 14.8 Å². The molecule has 1 saturated carbocycles. The van der Waals surface area contributed by atoms with Crippen LogP contribution in [0.3, 0.4) is 0 Å². The summed E-state index contributed by atoms with van der Waals surface area (Å²) in [6.45, 7) is 1.13. The summed E-state index contributed by atoms with van der Waals surface area (Å²) in [5.41, 5.74) is 0. The van der Waals surface area contributed by atoms with Crippen molar-refractivity contribution < 1.29 is 18.3 Å². The molecular formula is C11H22N2O4S. The summed E-state index contributed by atoms with van der Waals surface area (Å²) >= 11 is 0. The van der Waals surface area contributed by atoms with Gasteiger partial charge in [0.15, 0.2) is 0 Å². The first-order valence-corrected chi connectivity index (χ1v) is 8.18. The summed E-state index contributed by atoms with van der Waals surface area (Å²) in [6, 6.07) is 0.248. The molecule has 106 valence electrons. The van der Waals surface area contributed by atoms with E-state index in [0.717, 1.165) is 25.5 Å². The standard InChI is InChI=1S/C11H22N2O4S/c1-18(16,17)13-7-3-6-12-10-5-2-4-9(8-10)11(14)15/h9-10,12-13H,2-8H2,1H3,(H,14,15). The second kappa shape index (κ2) is 7.06. The summed E-state index contributed by atoms with van der Waals surface area (Å²) in [4.78, 5) is 10.9. The molecule has 0 heterocycles. The molecule has 2 atom stereocenters. The van der Waals surface area contributed by atoms with Crippen LogP contribution in [0.1, 0.15) is 32.1 Å². The molecule has 0 bridgehead atoms. The molecule has 0 spiro atoms. The molecule has 0 radical (unpaired) electrons. The third-order valence-electron chi connectivity index (χ3n) is 3.17. The Morgan fingerprint density at radius 3 is 2.67 bits per heavy atom. The number of nitrogens with one attached hydrogen (secondary N) is 2. The van der Waals surface area contributed by atoms with Gasteiger partial charge >= 0.3 is 5.97 Å². The van der Waals surface area contributed by atoms with Gasteiger partial charge in [0.05, 0.1) is 12.2 Å². The molecule has 0 aliphatic heterocycles. The van der Waals surface area contributed by atoms with Gasteiger partial charge in [-0.3, -0.25) is 4.79 Å². The highest BCUT2D eigenvalue weighted by molar-refractivity contribution is 7.88. The second-order valence-electron chi connectivity index (χ2n) is 4.87. The van der Waals surface area contributed by atoms with Crippen molar-refractivity contribution >= 4 is 16.0 Å². The molecule has 18 heavy (non-hydrogen) atoms.